The number of nitrogens with zero attached hydrogens (tertiary/aromatic N) is 3. The standard InChI is InChI=1S/C10H5Cl2N3O2S/c11-6-1-4-9(13-5-6)18-10-7(15(16)17)2-3-8(12)14-10/h1-5H. The van der Waals surface area contributed by atoms with E-state index >= 15 is 0 Å². The van der Waals surface area contributed by atoms with E-state index in [1.807, 2.05) is 0 Å². The number of halogens is 2. The Morgan fingerprint density at radius 1 is 1.22 bits per heavy atom. The summed E-state index contributed by atoms with van der Waals surface area (Å²) >= 11 is 12.5. The van der Waals surface area contributed by atoms with Crippen LogP contribution in [0.4, 0.5) is 5.69 Å². The maximum Gasteiger partial charge on any atom is 0.301 e. The van der Waals surface area contributed by atoms with Gasteiger partial charge in [-0.25, -0.2) is 9.97 Å². The van der Waals surface area contributed by atoms with Crippen LogP contribution in [0.2, 0.25) is 10.2 Å². The average molecular weight is 302 g/mol. The first kappa shape index (κ1) is 13.1. The third-order valence-electron chi connectivity index (χ3n) is 1.90. The van der Waals surface area contributed by atoms with Crippen molar-refractivity contribution in [2.45, 2.75) is 10.1 Å². The SMILES string of the molecule is O=[N+]([O-])c1ccc(Cl)nc1Sc1ccc(Cl)cn1. The van der Waals surface area contributed by atoms with E-state index in [1.54, 1.807) is 12.1 Å². The fourth-order valence-corrected chi connectivity index (χ4v) is 2.29. The van der Waals surface area contributed by atoms with E-state index in [4.69, 9.17) is 23.2 Å². The lowest BCUT2D eigenvalue weighted by Crippen LogP contribution is -1.94. The Labute approximate surface area is 116 Å². The Hall–Kier alpha value is -1.37. The Morgan fingerprint density at radius 3 is 2.61 bits per heavy atom. The van der Waals surface area contributed by atoms with Crippen molar-refractivity contribution in [3.8, 4) is 0 Å². The second-order valence-electron chi connectivity index (χ2n) is 3.13. The minimum absolute atomic E-state index is 0.110. The van der Waals surface area contributed by atoms with E-state index in [1.165, 1.54) is 18.3 Å². The molecule has 0 aliphatic rings. The van der Waals surface area contributed by atoms with Gasteiger partial charge in [-0.15, -0.1) is 0 Å². The van der Waals surface area contributed by atoms with Crippen molar-refractivity contribution in [1.82, 2.24) is 9.97 Å². The minimum atomic E-state index is -0.512. The Balaban J connectivity index is 2.35. The lowest BCUT2D eigenvalue weighted by Gasteiger charge is -2.02. The Kier molecular flexibility index (Phi) is 4.00. The first-order valence-corrected chi connectivity index (χ1v) is 6.24. The molecule has 92 valence electrons. The van der Waals surface area contributed by atoms with E-state index in [-0.39, 0.29) is 15.9 Å². The second kappa shape index (κ2) is 5.51. The van der Waals surface area contributed by atoms with E-state index < -0.39 is 4.92 Å². The van der Waals surface area contributed by atoms with Gasteiger partial charge in [-0.1, -0.05) is 23.2 Å². The van der Waals surface area contributed by atoms with Crippen LogP contribution < -0.4 is 0 Å². The summed E-state index contributed by atoms with van der Waals surface area (Å²) in [7, 11) is 0. The molecule has 0 fully saturated rings. The van der Waals surface area contributed by atoms with Gasteiger partial charge in [0, 0.05) is 12.3 Å². The normalized spacial score (nSPS) is 10.3. The van der Waals surface area contributed by atoms with Gasteiger partial charge in [-0.2, -0.15) is 0 Å². The molecule has 0 aromatic carbocycles. The van der Waals surface area contributed by atoms with Crippen LogP contribution in [0.3, 0.4) is 0 Å². The molecule has 0 amide bonds. The first-order chi connectivity index (χ1) is 8.56. The van der Waals surface area contributed by atoms with E-state index in [9.17, 15) is 10.1 Å². The summed E-state index contributed by atoms with van der Waals surface area (Å²) < 4.78 is 0. The molecule has 0 saturated carbocycles. The molecular formula is C10H5Cl2N3O2S. The summed E-state index contributed by atoms with van der Waals surface area (Å²) in [6, 6.07) is 5.99. The molecule has 2 aromatic rings. The van der Waals surface area contributed by atoms with Gasteiger partial charge in [0.2, 0.25) is 0 Å². The van der Waals surface area contributed by atoms with Crippen molar-refractivity contribution in [2.75, 3.05) is 0 Å². The van der Waals surface area contributed by atoms with Crippen molar-refractivity contribution < 1.29 is 4.92 Å². The smallest absolute Gasteiger partial charge is 0.258 e. The number of aromatic nitrogens is 2. The van der Waals surface area contributed by atoms with Crippen LogP contribution in [0, 0.1) is 10.1 Å². The summed E-state index contributed by atoms with van der Waals surface area (Å²) in [6.45, 7) is 0. The molecule has 0 spiro atoms. The molecular weight excluding hydrogens is 297 g/mol. The number of hydrogen-bond donors (Lipinski definition) is 0. The molecule has 18 heavy (non-hydrogen) atoms. The minimum Gasteiger partial charge on any atom is -0.258 e. The highest BCUT2D eigenvalue weighted by molar-refractivity contribution is 7.99. The predicted octanol–water partition coefficient (Wildman–Crippen LogP) is 3.84. The number of pyridine rings is 2. The van der Waals surface area contributed by atoms with Gasteiger partial charge in [0.25, 0.3) is 0 Å². The van der Waals surface area contributed by atoms with Crippen LogP contribution in [0.5, 0.6) is 0 Å². The molecule has 0 atom stereocenters. The molecule has 0 saturated heterocycles. The molecule has 5 nitrogen and oxygen atoms in total. The van der Waals surface area contributed by atoms with Crippen molar-refractivity contribution in [2.24, 2.45) is 0 Å². The highest BCUT2D eigenvalue weighted by atomic mass is 35.5. The molecule has 2 aromatic heterocycles. The Bertz CT molecular complexity index is 592. The third-order valence-corrected chi connectivity index (χ3v) is 3.28. The third kappa shape index (κ3) is 3.10. The van der Waals surface area contributed by atoms with E-state index in [2.05, 4.69) is 9.97 Å². The second-order valence-corrected chi connectivity index (χ2v) is 4.96. The van der Waals surface area contributed by atoms with Gasteiger partial charge in [0.05, 0.1) is 9.95 Å². The highest BCUT2D eigenvalue weighted by Crippen LogP contribution is 2.33. The zero-order chi connectivity index (χ0) is 13.1. The molecule has 2 heterocycles. The maximum atomic E-state index is 10.8. The van der Waals surface area contributed by atoms with Gasteiger partial charge >= 0.3 is 5.69 Å². The van der Waals surface area contributed by atoms with Crippen LogP contribution in [0.15, 0.2) is 40.5 Å². The van der Waals surface area contributed by atoms with Crippen LogP contribution in [0.1, 0.15) is 0 Å². The number of hydrogen-bond acceptors (Lipinski definition) is 5. The van der Waals surface area contributed by atoms with Crippen LogP contribution >= 0.6 is 35.0 Å². The van der Waals surface area contributed by atoms with Gasteiger partial charge in [-0.05, 0) is 30.0 Å². The fraction of sp³-hybridized carbons (Fsp3) is 0. The Morgan fingerprint density at radius 2 is 2.00 bits per heavy atom. The van der Waals surface area contributed by atoms with Gasteiger partial charge in [-0.3, -0.25) is 10.1 Å². The van der Waals surface area contributed by atoms with E-state index in [0.29, 0.717) is 10.0 Å². The largest absolute Gasteiger partial charge is 0.301 e. The summed E-state index contributed by atoms with van der Waals surface area (Å²) in [4.78, 5) is 18.3. The number of rotatable bonds is 3. The van der Waals surface area contributed by atoms with Crippen LogP contribution in [0.25, 0.3) is 0 Å². The predicted molar refractivity (Wildman–Crippen MR) is 69.3 cm³/mol. The average Bonchev–Trinajstić information content (AvgIpc) is 2.32. The first-order valence-electron chi connectivity index (χ1n) is 4.66. The van der Waals surface area contributed by atoms with Gasteiger partial charge in [0.1, 0.15) is 10.2 Å². The van der Waals surface area contributed by atoms with Crippen molar-refractivity contribution in [1.29, 1.82) is 0 Å². The monoisotopic (exact) mass is 301 g/mol. The van der Waals surface area contributed by atoms with E-state index in [0.717, 1.165) is 11.8 Å². The maximum absolute atomic E-state index is 10.8. The molecule has 0 aliphatic carbocycles. The molecule has 0 aliphatic heterocycles. The molecule has 0 bridgehead atoms. The quantitative estimate of drug-likeness (QED) is 0.489. The highest BCUT2D eigenvalue weighted by Gasteiger charge is 2.17. The van der Waals surface area contributed by atoms with Crippen LogP contribution in [-0.4, -0.2) is 14.9 Å². The van der Waals surface area contributed by atoms with Crippen LogP contribution in [-0.2, 0) is 0 Å². The molecule has 8 heteroatoms. The lowest BCUT2D eigenvalue weighted by molar-refractivity contribution is -0.388. The number of nitro groups is 1. The molecule has 0 N–H and O–H groups in total. The summed E-state index contributed by atoms with van der Waals surface area (Å²) in [5.74, 6) is 0. The summed E-state index contributed by atoms with van der Waals surface area (Å²) in [5.41, 5.74) is -0.110. The summed E-state index contributed by atoms with van der Waals surface area (Å²) in [6.07, 6.45) is 1.46. The van der Waals surface area contributed by atoms with Crippen molar-refractivity contribution in [3.63, 3.8) is 0 Å². The summed E-state index contributed by atoms with van der Waals surface area (Å²) in [5, 5.41) is 12.3. The van der Waals surface area contributed by atoms with Crippen molar-refractivity contribution in [3.05, 3.63) is 50.8 Å². The zero-order valence-electron chi connectivity index (χ0n) is 8.71. The lowest BCUT2D eigenvalue weighted by atomic mass is 10.4. The topological polar surface area (TPSA) is 68.9 Å². The molecule has 0 radical (unpaired) electrons. The molecule has 0 unspecified atom stereocenters. The fourth-order valence-electron chi connectivity index (χ4n) is 1.15. The zero-order valence-corrected chi connectivity index (χ0v) is 11.0. The molecule has 2 rings (SSSR count). The van der Waals surface area contributed by atoms with Gasteiger partial charge < -0.3 is 0 Å². The van der Waals surface area contributed by atoms with Crippen molar-refractivity contribution >= 4 is 40.7 Å². The van der Waals surface area contributed by atoms with Gasteiger partial charge in [0.15, 0.2) is 5.03 Å².